The van der Waals surface area contributed by atoms with Gasteiger partial charge < -0.3 is 21.3 Å². The normalized spacial score (nSPS) is 12.0. The number of anilines is 1. The van der Waals surface area contributed by atoms with Crippen molar-refractivity contribution >= 4 is 35.0 Å². The van der Waals surface area contributed by atoms with Gasteiger partial charge in [0, 0.05) is 55.1 Å². The summed E-state index contributed by atoms with van der Waals surface area (Å²) in [5, 5.41) is 28.4. The Labute approximate surface area is 226 Å². The van der Waals surface area contributed by atoms with Crippen molar-refractivity contribution in [2.45, 2.75) is 51.9 Å². The van der Waals surface area contributed by atoms with Crippen LogP contribution in [0.3, 0.4) is 0 Å². The van der Waals surface area contributed by atoms with Gasteiger partial charge in [-0.3, -0.25) is 4.79 Å². The van der Waals surface area contributed by atoms with E-state index in [4.69, 9.17) is 20.7 Å². The molecule has 1 atom stereocenters. The van der Waals surface area contributed by atoms with Crippen LogP contribution in [0.4, 0.5) is 27.8 Å². The highest BCUT2D eigenvalue weighted by Gasteiger charge is 2.38. The number of rotatable bonds is 11. The van der Waals surface area contributed by atoms with Crippen molar-refractivity contribution in [2.24, 2.45) is 5.92 Å². The third kappa shape index (κ3) is 10.1. The van der Waals surface area contributed by atoms with E-state index in [9.17, 15) is 31.5 Å². The van der Waals surface area contributed by atoms with Gasteiger partial charge in [-0.15, -0.1) is 16.4 Å². The number of hydrogen-bond acceptors (Lipinski definition) is 10. The maximum Gasteiger partial charge on any atom is 0.490 e. The topological polar surface area (TPSA) is 199 Å². The molecule has 0 aromatic carbocycles. The number of thiazole rings is 1. The summed E-state index contributed by atoms with van der Waals surface area (Å²) in [5.41, 5.74) is 6.64. The number of hydrogen-bond donors (Lipinski definition) is 4. The minimum absolute atomic E-state index is 0.0110. The van der Waals surface area contributed by atoms with E-state index in [1.54, 1.807) is 0 Å². The number of nitrogen functional groups attached to an aromatic ring is 1. The summed E-state index contributed by atoms with van der Waals surface area (Å²) in [5.74, 6) is -4.71. The van der Waals surface area contributed by atoms with E-state index in [1.165, 1.54) is 22.5 Å². The first kappa shape index (κ1) is 31.9. The van der Waals surface area contributed by atoms with Gasteiger partial charge in [0.05, 0.1) is 12.2 Å². The summed E-state index contributed by atoms with van der Waals surface area (Å²) in [6.45, 7) is 2.06. The average Bonchev–Trinajstić information content (AvgIpc) is 3.52. The quantitative estimate of drug-likeness (QED) is 0.237. The van der Waals surface area contributed by atoms with Crippen molar-refractivity contribution in [3.63, 3.8) is 0 Å². The van der Waals surface area contributed by atoms with E-state index in [0.717, 1.165) is 11.3 Å². The number of carboxylic acid groups (broad SMARTS) is 2. The molecular weight excluding hydrogens is 571 g/mol. The van der Waals surface area contributed by atoms with Gasteiger partial charge in [0.1, 0.15) is 16.6 Å². The largest absolute Gasteiger partial charge is 0.490 e. The molecule has 0 spiro atoms. The molecule has 0 saturated heterocycles. The highest BCUT2D eigenvalue weighted by molar-refractivity contribution is 7.09. The lowest BCUT2D eigenvalue weighted by Gasteiger charge is -2.16. The number of aromatic nitrogens is 6. The number of carbonyl (C=O) groups is 3. The third-order valence-corrected chi connectivity index (χ3v) is 5.74. The van der Waals surface area contributed by atoms with E-state index in [0.29, 0.717) is 28.5 Å². The highest BCUT2D eigenvalue weighted by Crippen LogP contribution is 2.18. The second-order valence-electron chi connectivity index (χ2n) is 7.94. The standard InChI is InChI=1S/C19H22F2N8O3S.C2HF3O2/c1-2-15-23-5-11(17(22)26-15)6-24-18(30)10(4-14(20)21)3-12-7-29(28-27-12)8-16-25-13(9-33-16)19(31)32;3-2(4,5)1(6)7/h5,7,9-10,14H,2-4,6,8H2,1H3,(H,24,30)(H,31,32)(H2,22,23,26);(H,6,7). The molecule has 0 radical (unpaired) electrons. The van der Waals surface area contributed by atoms with Gasteiger partial charge in [0.25, 0.3) is 0 Å². The molecule has 0 bridgehead atoms. The van der Waals surface area contributed by atoms with Crippen molar-refractivity contribution in [3.8, 4) is 0 Å². The van der Waals surface area contributed by atoms with Crippen LogP contribution in [0.15, 0.2) is 17.8 Å². The summed E-state index contributed by atoms with van der Waals surface area (Å²) in [6.07, 6.45) is -4.83. The van der Waals surface area contributed by atoms with Crippen molar-refractivity contribution in [1.29, 1.82) is 0 Å². The van der Waals surface area contributed by atoms with Crippen LogP contribution in [0.5, 0.6) is 0 Å². The van der Waals surface area contributed by atoms with Gasteiger partial charge in [0.15, 0.2) is 5.69 Å². The maximum absolute atomic E-state index is 13.1. The predicted molar refractivity (Wildman–Crippen MR) is 127 cm³/mol. The number of alkyl halides is 5. The molecule has 3 aromatic rings. The van der Waals surface area contributed by atoms with Gasteiger partial charge in [-0.2, -0.15) is 13.2 Å². The minimum Gasteiger partial charge on any atom is -0.476 e. The monoisotopic (exact) mass is 594 g/mol. The Bertz CT molecular complexity index is 1320. The van der Waals surface area contributed by atoms with Gasteiger partial charge in [0.2, 0.25) is 12.3 Å². The summed E-state index contributed by atoms with van der Waals surface area (Å²) in [6, 6.07) is 0. The zero-order chi connectivity index (χ0) is 30.0. The average molecular weight is 595 g/mol. The van der Waals surface area contributed by atoms with Crippen LogP contribution in [0, 0.1) is 5.92 Å². The zero-order valence-electron chi connectivity index (χ0n) is 20.6. The summed E-state index contributed by atoms with van der Waals surface area (Å²) < 4.78 is 59.3. The van der Waals surface area contributed by atoms with Crippen LogP contribution in [0.2, 0.25) is 0 Å². The smallest absolute Gasteiger partial charge is 0.476 e. The molecule has 0 aliphatic rings. The first-order chi connectivity index (χ1) is 18.7. The lowest BCUT2D eigenvalue weighted by molar-refractivity contribution is -0.192. The molecule has 0 aliphatic heterocycles. The van der Waals surface area contributed by atoms with Crippen molar-refractivity contribution < 1.29 is 46.5 Å². The van der Waals surface area contributed by atoms with Crippen molar-refractivity contribution in [1.82, 2.24) is 35.3 Å². The van der Waals surface area contributed by atoms with Crippen molar-refractivity contribution in [2.75, 3.05) is 5.73 Å². The van der Waals surface area contributed by atoms with Crippen LogP contribution in [-0.4, -0.2) is 70.6 Å². The fourth-order valence-electron chi connectivity index (χ4n) is 2.97. The molecular formula is C21H23F5N8O5S. The maximum atomic E-state index is 13.1. The van der Waals surface area contributed by atoms with E-state index in [1.807, 2.05) is 6.92 Å². The number of nitrogens with two attached hydrogens (primary N) is 1. The van der Waals surface area contributed by atoms with Crippen LogP contribution < -0.4 is 11.1 Å². The molecule has 19 heteroatoms. The molecule has 1 amide bonds. The lowest BCUT2D eigenvalue weighted by Crippen LogP contribution is -2.33. The molecule has 218 valence electrons. The first-order valence-corrected chi connectivity index (χ1v) is 12.1. The molecule has 40 heavy (non-hydrogen) atoms. The Kier molecular flexibility index (Phi) is 11.3. The zero-order valence-corrected chi connectivity index (χ0v) is 21.4. The lowest BCUT2D eigenvalue weighted by atomic mass is 9.98. The minimum atomic E-state index is -5.08. The van der Waals surface area contributed by atoms with Crippen LogP contribution >= 0.6 is 11.3 Å². The number of nitrogens with one attached hydrogen (secondary N) is 1. The van der Waals surface area contributed by atoms with Gasteiger partial charge >= 0.3 is 18.1 Å². The summed E-state index contributed by atoms with van der Waals surface area (Å²) in [4.78, 5) is 44.6. The fourth-order valence-corrected chi connectivity index (χ4v) is 3.73. The number of aromatic carboxylic acids is 1. The molecule has 5 N–H and O–H groups in total. The molecule has 3 heterocycles. The SMILES string of the molecule is CCc1ncc(CNC(=O)C(Cc2cn(Cc3nc(C(=O)O)cs3)nn2)CC(F)F)c(N)n1.O=C(O)C(F)(F)F. The Morgan fingerprint density at radius 3 is 2.40 bits per heavy atom. The number of aryl methyl sites for hydroxylation is 1. The Morgan fingerprint density at radius 2 is 1.88 bits per heavy atom. The molecule has 0 fully saturated rings. The number of carbonyl (C=O) groups excluding carboxylic acids is 1. The molecule has 1 unspecified atom stereocenters. The Hall–Kier alpha value is -4.29. The molecule has 0 aliphatic carbocycles. The van der Waals surface area contributed by atoms with Crippen LogP contribution in [0.25, 0.3) is 0 Å². The number of aliphatic carboxylic acids is 1. The number of halogens is 5. The number of amides is 1. The third-order valence-electron chi connectivity index (χ3n) is 4.90. The predicted octanol–water partition coefficient (Wildman–Crippen LogP) is 2.18. The van der Waals surface area contributed by atoms with Crippen LogP contribution in [-0.2, 0) is 35.5 Å². The van der Waals surface area contributed by atoms with Crippen LogP contribution in [0.1, 0.15) is 45.9 Å². The fraction of sp³-hybridized carbons (Fsp3) is 0.429. The Balaban J connectivity index is 0.000000708. The first-order valence-electron chi connectivity index (χ1n) is 11.2. The van der Waals surface area contributed by atoms with Gasteiger partial charge in [-0.05, 0) is 0 Å². The van der Waals surface area contributed by atoms with E-state index in [-0.39, 0.29) is 31.0 Å². The molecule has 3 aromatic heterocycles. The molecule has 3 rings (SSSR count). The molecule has 0 saturated carbocycles. The van der Waals surface area contributed by atoms with E-state index < -0.39 is 42.8 Å². The van der Waals surface area contributed by atoms with E-state index in [2.05, 4.69) is 30.6 Å². The number of carboxylic acids is 2. The van der Waals surface area contributed by atoms with Crippen molar-refractivity contribution in [3.05, 3.63) is 45.6 Å². The second kappa shape index (κ2) is 14.2. The summed E-state index contributed by atoms with van der Waals surface area (Å²) in [7, 11) is 0. The second-order valence-corrected chi connectivity index (χ2v) is 8.88. The summed E-state index contributed by atoms with van der Waals surface area (Å²) >= 11 is 1.15. The highest BCUT2D eigenvalue weighted by atomic mass is 32.1. The van der Waals surface area contributed by atoms with E-state index >= 15 is 0 Å². The Morgan fingerprint density at radius 1 is 1.20 bits per heavy atom. The van der Waals surface area contributed by atoms with Gasteiger partial charge in [-0.25, -0.2) is 38.0 Å². The molecule has 13 nitrogen and oxygen atoms in total. The number of nitrogens with zero attached hydrogens (tertiary/aromatic N) is 6. The van der Waals surface area contributed by atoms with Gasteiger partial charge in [-0.1, -0.05) is 12.1 Å².